The molecule has 7 nitrogen and oxygen atoms in total. The summed E-state index contributed by atoms with van der Waals surface area (Å²) in [5.41, 5.74) is 6.51. The Labute approximate surface area is 156 Å². The molecule has 1 saturated heterocycles. The summed E-state index contributed by atoms with van der Waals surface area (Å²) in [7, 11) is 0. The van der Waals surface area contributed by atoms with E-state index >= 15 is 0 Å². The molecule has 2 rings (SSSR count). The van der Waals surface area contributed by atoms with Crippen molar-refractivity contribution in [1.29, 1.82) is 0 Å². The highest BCUT2D eigenvalue weighted by Crippen LogP contribution is 2.14. The van der Waals surface area contributed by atoms with Gasteiger partial charge in [-0.25, -0.2) is 9.79 Å². The van der Waals surface area contributed by atoms with E-state index in [1.165, 1.54) is 5.56 Å². The lowest BCUT2D eigenvalue weighted by molar-refractivity contribution is 0.188. The molecule has 0 saturated carbocycles. The normalized spacial score (nSPS) is 16.9. The van der Waals surface area contributed by atoms with Gasteiger partial charge in [0.15, 0.2) is 5.96 Å². The number of ether oxygens (including phenoxy) is 1. The van der Waals surface area contributed by atoms with Crippen LogP contribution in [0.25, 0.3) is 0 Å². The molecule has 2 amide bonds. The minimum absolute atomic E-state index is 0.0241. The zero-order valence-corrected chi connectivity index (χ0v) is 16.0. The first-order valence-electron chi connectivity index (χ1n) is 9.30. The highest BCUT2D eigenvalue weighted by atomic mass is 16.5. The van der Waals surface area contributed by atoms with Crippen molar-refractivity contribution in [1.82, 2.24) is 15.5 Å². The molecule has 1 aromatic rings. The van der Waals surface area contributed by atoms with Crippen molar-refractivity contribution >= 4 is 12.0 Å². The lowest BCUT2D eigenvalue weighted by Crippen LogP contribution is -2.50. The van der Waals surface area contributed by atoms with Gasteiger partial charge in [0.1, 0.15) is 11.9 Å². The Morgan fingerprint density at radius 2 is 2.15 bits per heavy atom. The van der Waals surface area contributed by atoms with Crippen LogP contribution in [0.2, 0.25) is 0 Å². The second-order valence-corrected chi connectivity index (χ2v) is 6.71. The molecule has 0 aliphatic carbocycles. The SMILES string of the molecule is CCNC(=NCC(C)Oc1cccc(C)c1)NC1CCN(C(N)=O)CC1. The highest BCUT2D eigenvalue weighted by Gasteiger charge is 2.21. The molecule has 0 aromatic heterocycles. The number of aryl methyl sites for hydroxylation is 1. The molecule has 0 radical (unpaired) electrons. The minimum Gasteiger partial charge on any atom is -0.489 e. The summed E-state index contributed by atoms with van der Waals surface area (Å²) >= 11 is 0. The monoisotopic (exact) mass is 361 g/mol. The Morgan fingerprint density at radius 1 is 1.42 bits per heavy atom. The van der Waals surface area contributed by atoms with E-state index in [0.717, 1.165) is 31.1 Å². The van der Waals surface area contributed by atoms with Gasteiger partial charge in [-0.2, -0.15) is 0 Å². The average Bonchev–Trinajstić information content (AvgIpc) is 2.60. The summed E-state index contributed by atoms with van der Waals surface area (Å²) in [6, 6.07) is 7.97. The number of primary amides is 1. The fraction of sp³-hybridized carbons (Fsp3) is 0.579. The molecule has 0 bridgehead atoms. The summed E-state index contributed by atoms with van der Waals surface area (Å²) in [5.74, 6) is 1.65. The van der Waals surface area contributed by atoms with Crippen molar-refractivity contribution in [2.45, 2.75) is 45.8 Å². The summed E-state index contributed by atoms with van der Waals surface area (Å²) in [6.45, 7) is 8.81. The Bertz CT molecular complexity index is 612. The van der Waals surface area contributed by atoms with Gasteiger partial charge in [0.05, 0.1) is 6.54 Å². The number of rotatable bonds is 6. The van der Waals surface area contributed by atoms with Gasteiger partial charge in [0.25, 0.3) is 0 Å². The largest absolute Gasteiger partial charge is 0.489 e. The third-order valence-electron chi connectivity index (χ3n) is 4.33. The van der Waals surface area contributed by atoms with Crippen LogP contribution in [0.1, 0.15) is 32.3 Å². The first-order chi connectivity index (χ1) is 12.5. The summed E-state index contributed by atoms with van der Waals surface area (Å²) in [5, 5.41) is 6.72. The number of guanidine groups is 1. The highest BCUT2D eigenvalue weighted by molar-refractivity contribution is 5.80. The zero-order valence-electron chi connectivity index (χ0n) is 16.0. The van der Waals surface area contributed by atoms with E-state index in [0.29, 0.717) is 19.6 Å². The van der Waals surface area contributed by atoms with Crippen LogP contribution in [0.3, 0.4) is 0 Å². The average molecular weight is 361 g/mol. The zero-order chi connectivity index (χ0) is 18.9. The smallest absolute Gasteiger partial charge is 0.314 e. The Kier molecular flexibility index (Phi) is 7.56. The van der Waals surface area contributed by atoms with Crippen molar-refractivity contribution in [3.8, 4) is 5.75 Å². The fourth-order valence-corrected chi connectivity index (χ4v) is 2.94. The first-order valence-corrected chi connectivity index (χ1v) is 9.30. The second-order valence-electron chi connectivity index (χ2n) is 6.71. The number of nitrogens with one attached hydrogen (secondary N) is 2. The fourth-order valence-electron chi connectivity index (χ4n) is 2.94. The molecule has 0 spiro atoms. The van der Waals surface area contributed by atoms with E-state index < -0.39 is 0 Å². The molecule has 4 N–H and O–H groups in total. The molecule has 1 atom stereocenters. The van der Waals surface area contributed by atoms with E-state index in [-0.39, 0.29) is 18.2 Å². The number of likely N-dealkylation sites (tertiary alicyclic amines) is 1. The van der Waals surface area contributed by atoms with Crippen molar-refractivity contribution in [2.75, 3.05) is 26.2 Å². The van der Waals surface area contributed by atoms with E-state index in [4.69, 9.17) is 10.5 Å². The molecule has 144 valence electrons. The van der Waals surface area contributed by atoms with E-state index in [9.17, 15) is 4.79 Å². The number of hydrogen-bond acceptors (Lipinski definition) is 3. The number of nitrogens with two attached hydrogens (primary N) is 1. The lowest BCUT2D eigenvalue weighted by Gasteiger charge is -2.32. The van der Waals surface area contributed by atoms with E-state index in [1.54, 1.807) is 4.90 Å². The summed E-state index contributed by atoms with van der Waals surface area (Å²) in [6.07, 6.45) is 1.70. The van der Waals surface area contributed by atoms with Gasteiger partial charge in [-0.05, 0) is 51.3 Å². The van der Waals surface area contributed by atoms with Crippen molar-refractivity contribution in [3.05, 3.63) is 29.8 Å². The number of urea groups is 1. The van der Waals surface area contributed by atoms with E-state index in [1.807, 2.05) is 45.0 Å². The van der Waals surface area contributed by atoms with Crippen LogP contribution in [0.4, 0.5) is 4.79 Å². The molecular weight excluding hydrogens is 330 g/mol. The van der Waals surface area contributed by atoms with Crippen molar-refractivity contribution in [3.63, 3.8) is 0 Å². The van der Waals surface area contributed by atoms with Gasteiger partial charge >= 0.3 is 6.03 Å². The second kappa shape index (κ2) is 9.89. The number of amides is 2. The first kappa shape index (κ1) is 19.9. The number of aliphatic imine (C=N–C) groups is 1. The topological polar surface area (TPSA) is 92.0 Å². The maximum Gasteiger partial charge on any atom is 0.314 e. The quantitative estimate of drug-likeness (QED) is 0.533. The molecule has 7 heteroatoms. The van der Waals surface area contributed by atoms with Gasteiger partial charge in [-0.15, -0.1) is 0 Å². The van der Waals surface area contributed by atoms with Crippen molar-refractivity contribution < 1.29 is 9.53 Å². The van der Waals surface area contributed by atoms with Crippen LogP contribution in [0.15, 0.2) is 29.3 Å². The predicted molar refractivity (Wildman–Crippen MR) is 105 cm³/mol. The number of nitrogens with zero attached hydrogens (tertiary/aromatic N) is 2. The molecular formula is C19H31N5O2. The Morgan fingerprint density at radius 3 is 2.77 bits per heavy atom. The van der Waals surface area contributed by atoms with Gasteiger partial charge in [0, 0.05) is 25.7 Å². The van der Waals surface area contributed by atoms with Crippen LogP contribution < -0.4 is 21.1 Å². The summed E-state index contributed by atoms with van der Waals surface area (Å²) in [4.78, 5) is 17.5. The number of hydrogen-bond donors (Lipinski definition) is 3. The van der Waals surface area contributed by atoms with Gasteiger partial charge in [-0.3, -0.25) is 0 Å². The third-order valence-corrected chi connectivity index (χ3v) is 4.33. The summed E-state index contributed by atoms with van der Waals surface area (Å²) < 4.78 is 5.93. The molecule has 1 aromatic carbocycles. The van der Waals surface area contributed by atoms with Crippen LogP contribution >= 0.6 is 0 Å². The Hall–Kier alpha value is -2.44. The van der Waals surface area contributed by atoms with Gasteiger partial charge in [0.2, 0.25) is 0 Å². The molecule has 1 unspecified atom stereocenters. The van der Waals surface area contributed by atoms with Crippen LogP contribution in [-0.2, 0) is 0 Å². The van der Waals surface area contributed by atoms with Crippen LogP contribution in [0, 0.1) is 6.92 Å². The maximum absolute atomic E-state index is 11.2. The molecule has 26 heavy (non-hydrogen) atoms. The third kappa shape index (κ3) is 6.46. The van der Waals surface area contributed by atoms with Gasteiger partial charge in [-0.1, -0.05) is 12.1 Å². The van der Waals surface area contributed by atoms with Gasteiger partial charge < -0.3 is 26.0 Å². The lowest BCUT2D eigenvalue weighted by atomic mass is 10.1. The molecule has 1 aliphatic heterocycles. The predicted octanol–water partition coefficient (Wildman–Crippen LogP) is 1.86. The van der Waals surface area contributed by atoms with Crippen LogP contribution in [0.5, 0.6) is 5.75 Å². The van der Waals surface area contributed by atoms with Crippen LogP contribution in [-0.4, -0.2) is 55.2 Å². The number of carbonyl (C=O) groups is 1. The standard InChI is InChI=1S/C19H31N5O2/c1-4-21-19(23-16-8-10-24(11-9-16)18(20)25)22-13-15(3)26-17-7-5-6-14(2)12-17/h5-7,12,15-16H,4,8-11,13H2,1-3H3,(H2,20,25)(H2,21,22,23). The molecule has 1 fully saturated rings. The van der Waals surface area contributed by atoms with Crippen molar-refractivity contribution in [2.24, 2.45) is 10.7 Å². The number of piperidine rings is 1. The Balaban J connectivity index is 1.84. The maximum atomic E-state index is 11.2. The minimum atomic E-state index is -0.342. The molecule has 1 aliphatic rings. The number of benzene rings is 1. The van der Waals surface area contributed by atoms with E-state index in [2.05, 4.69) is 15.6 Å². The number of carbonyl (C=O) groups excluding carboxylic acids is 1. The molecule has 1 heterocycles.